The molecule has 0 aliphatic carbocycles. The predicted octanol–water partition coefficient (Wildman–Crippen LogP) is 1.40. The third-order valence-corrected chi connectivity index (χ3v) is 4.26. The van der Waals surface area contributed by atoms with Gasteiger partial charge in [-0.05, 0) is 11.4 Å². The minimum Gasteiger partial charge on any atom is -0.395 e. The maximum absolute atomic E-state index is 9.36. The van der Waals surface area contributed by atoms with E-state index in [1.54, 1.807) is 11.3 Å². The van der Waals surface area contributed by atoms with Crippen molar-refractivity contribution in [3.05, 3.63) is 35.5 Å². The van der Waals surface area contributed by atoms with Crippen LogP contribution in [0.2, 0.25) is 0 Å². The van der Waals surface area contributed by atoms with Crippen molar-refractivity contribution in [2.75, 3.05) is 26.4 Å². The van der Waals surface area contributed by atoms with Gasteiger partial charge in [-0.3, -0.25) is 4.90 Å². The van der Waals surface area contributed by atoms with E-state index in [2.05, 4.69) is 14.9 Å². The third kappa shape index (κ3) is 3.04. The van der Waals surface area contributed by atoms with Crippen LogP contribution < -0.4 is 0 Å². The molecule has 0 aromatic carbocycles. The van der Waals surface area contributed by atoms with Crippen LogP contribution in [0, 0.1) is 0 Å². The molecule has 2 aromatic heterocycles. The largest absolute Gasteiger partial charge is 0.395 e. The lowest BCUT2D eigenvalue weighted by Gasteiger charge is -2.34. The van der Waals surface area contributed by atoms with Gasteiger partial charge in [0, 0.05) is 31.0 Å². The van der Waals surface area contributed by atoms with E-state index in [1.807, 2.05) is 29.9 Å². The molecule has 6 heteroatoms. The molecule has 0 unspecified atom stereocenters. The standard InChI is InChI=1S/C14H17N3O2S/c18-9-12-10-19-4-3-17(12)8-11-6-15-14(16-7-11)13-2-1-5-20-13/h1-2,5-7,12,18H,3-4,8-10H2/t12-/m0/s1. The minimum absolute atomic E-state index is 0.0701. The van der Waals surface area contributed by atoms with Gasteiger partial charge in [-0.2, -0.15) is 0 Å². The van der Waals surface area contributed by atoms with Crippen molar-refractivity contribution in [3.63, 3.8) is 0 Å². The Morgan fingerprint density at radius 1 is 1.40 bits per heavy atom. The molecule has 0 saturated carbocycles. The van der Waals surface area contributed by atoms with E-state index in [1.165, 1.54) is 0 Å². The van der Waals surface area contributed by atoms with Gasteiger partial charge in [-0.15, -0.1) is 11.3 Å². The van der Waals surface area contributed by atoms with Gasteiger partial charge in [-0.25, -0.2) is 9.97 Å². The zero-order chi connectivity index (χ0) is 13.8. The molecule has 106 valence electrons. The molecule has 0 bridgehead atoms. The zero-order valence-electron chi connectivity index (χ0n) is 11.1. The van der Waals surface area contributed by atoms with Crippen molar-refractivity contribution in [3.8, 4) is 10.7 Å². The average Bonchev–Trinajstić information content (AvgIpc) is 3.03. The van der Waals surface area contributed by atoms with Crippen LogP contribution in [-0.2, 0) is 11.3 Å². The predicted molar refractivity (Wildman–Crippen MR) is 77.4 cm³/mol. The Morgan fingerprint density at radius 2 is 2.25 bits per heavy atom. The summed E-state index contributed by atoms with van der Waals surface area (Å²) in [5.41, 5.74) is 1.06. The molecule has 0 radical (unpaired) electrons. The molecule has 1 aliphatic heterocycles. The first-order chi connectivity index (χ1) is 9.86. The fourth-order valence-corrected chi connectivity index (χ4v) is 2.94. The Kier molecular flexibility index (Phi) is 4.37. The molecule has 20 heavy (non-hydrogen) atoms. The first-order valence-corrected chi connectivity index (χ1v) is 7.52. The van der Waals surface area contributed by atoms with Crippen LogP contribution in [-0.4, -0.2) is 52.4 Å². The lowest BCUT2D eigenvalue weighted by molar-refractivity contribution is -0.0313. The van der Waals surface area contributed by atoms with Crippen molar-refractivity contribution in [1.82, 2.24) is 14.9 Å². The van der Waals surface area contributed by atoms with E-state index in [0.29, 0.717) is 13.2 Å². The number of aliphatic hydroxyl groups is 1. The highest BCUT2D eigenvalue weighted by molar-refractivity contribution is 7.13. The van der Waals surface area contributed by atoms with Crippen molar-refractivity contribution >= 4 is 11.3 Å². The number of hydrogen-bond acceptors (Lipinski definition) is 6. The Bertz CT molecular complexity index is 530. The van der Waals surface area contributed by atoms with Gasteiger partial charge in [0.15, 0.2) is 5.82 Å². The molecule has 1 fully saturated rings. The average molecular weight is 291 g/mol. The van der Waals surface area contributed by atoms with E-state index in [9.17, 15) is 5.11 Å². The summed E-state index contributed by atoms with van der Waals surface area (Å²) in [4.78, 5) is 12.1. The van der Waals surface area contributed by atoms with Crippen molar-refractivity contribution < 1.29 is 9.84 Å². The summed E-state index contributed by atoms with van der Waals surface area (Å²) < 4.78 is 5.38. The molecule has 0 amide bonds. The topological polar surface area (TPSA) is 58.5 Å². The lowest BCUT2D eigenvalue weighted by atomic mass is 10.2. The number of aromatic nitrogens is 2. The summed E-state index contributed by atoms with van der Waals surface area (Å²) in [7, 11) is 0. The molecule has 1 saturated heterocycles. The van der Waals surface area contributed by atoms with Gasteiger partial charge in [0.1, 0.15) is 0 Å². The number of ether oxygens (including phenoxy) is 1. The van der Waals surface area contributed by atoms with Gasteiger partial charge in [0.05, 0.1) is 30.7 Å². The smallest absolute Gasteiger partial charge is 0.169 e. The van der Waals surface area contributed by atoms with Gasteiger partial charge < -0.3 is 9.84 Å². The molecule has 1 atom stereocenters. The van der Waals surface area contributed by atoms with Crippen molar-refractivity contribution in [2.45, 2.75) is 12.6 Å². The molecule has 1 aliphatic rings. The van der Waals surface area contributed by atoms with E-state index in [0.717, 1.165) is 29.4 Å². The van der Waals surface area contributed by atoms with E-state index in [-0.39, 0.29) is 12.6 Å². The zero-order valence-corrected chi connectivity index (χ0v) is 11.9. The summed E-state index contributed by atoms with van der Waals surface area (Å²) in [6.45, 7) is 3.00. The third-order valence-electron chi connectivity index (χ3n) is 3.39. The summed E-state index contributed by atoms with van der Waals surface area (Å²) in [5.74, 6) is 0.768. The number of hydrogen-bond donors (Lipinski definition) is 1. The van der Waals surface area contributed by atoms with Gasteiger partial charge in [-0.1, -0.05) is 6.07 Å². The van der Waals surface area contributed by atoms with Gasteiger partial charge >= 0.3 is 0 Å². The fraction of sp³-hybridized carbons (Fsp3) is 0.429. The second-order valence-corrected chi connectivity index (χ2v) is 5.72. The van der Waals surface area contributed by atoms with Crippen LogP contribution in [0.4, 0.5) is 0 Å². The molecule has 0 spiro atoms. The molecule has 3 heterocycles. The SMILES string of the molecule is OC[C@H]1COCCN1Cc1cnc(-c2cccs2)nc1. The molecule has 2 aromatic rings. The van der Waals surface area contributed by atoms with Crippen molar-refractivity contribution in [2.24, 2.45) is 0 Å². The van der Waals surface area contributed by atoms with E-state index in [4.69, 9.17) is 4.74 Å². The maximum atomic E-state index is 9.36. The van der Waals surface area contributed by atoms with E-state index < -0.39 is 0 Å². The molecule has 3 rings (SSSR count). The number of rotatable bonds is 4. The normalized spacial score (nSPS) is 20.1. The Morgan fingerprint density at radius 3 is 2.95 bits per heavy atom. The lowest BCUT2D eigenvalue weighted by Crippen LogP contribution is -2.46. The maximum Gasteiger partial charge on any atom is 0.169 e. The molecule has 5 nitrogen and oxygen atoms in total. The van der Waals surface area contributed by atoms with Gasteiger partial charge in [0.25, 0.3) is 0 Å². The van der Waals surface area contributed by atoms with Crippen LogP contribution in [0.3, 0.4) is 0 Å². The Balaban J connectivity index is 1.68. The first-order valence-electron chi connectivity index (χ1n) is 6.64. The van der Waals surface area contributed by atoms with Crippen LogP contribution in [0.25, 0.3) is 10.7 Å². The summed E-state index contributed by atoms with van der Waals surface area (Å²) in [6.07, 6.45) is 3.73. The molecular weight excluding hydrogens is 274 g/mol. The van der Waals surface area contributed by atoms with Crippen LogP contribution in [0.5, 0.6) is 0 Å². The first kappa shape index (κ1) is 13.6. The highest BCUT2D eigenvalue weighted by Gasteiger charge is 2.22. The second-order valence-electron chi connectivity index (χ2n) is 4.77. The molecule has 1 N–H and O–H groups in total. The summed E-state index contributed by atoms with van der Waals surface area (Å²) in [5, 5.41) is 11.4. The van der Waals surface area contributed by atoms with Crippen LogP contribution >= 0.6 is 11.3 Å². The van der Waals surface area contributed by atoms with Crippen LogP contribution in [0.1, 0.15) is 5.56 Å². The Labute approximate surface area is 121 Å². The highest BCUT2D eigenvalue weighted by atomic mass is 32.1. The van der Waals surface area contributed by atoms with Crippen LogP contribution in [0.15, 0.2) is 29.9 Å². The number of morpholine rings is 1. The quantitative estimate of drug-likeness (QED) is 0.922. The second kappa shape index (κ2) is 6.41. The van der Waals surface area contributed by atoms with Gasteiger partial charge in [0.2, 0.25) is 0 Å². The highest BCUT2D eigenvalue weighted by Crippen LogP contribution is 2.20. The van der Waals surface area contributed by atoms with E-state index >= 15 is 0 Å². The summed E-state index contributed by atoms with van der Waals surface area (Å²) in [6, 6.07) is 4.08. The summed E-state index contributed by atoms with van der Waals surface area (Å²) >= 11 is 1.64. The number of nitrogens with zero attached hydrogens (tertiary/aromatic N) is 3. The fourth-order valence-electron chi connectivity index (χ4n) is 2.27. The monoisotopic (exact) mass is 291 g/mol. The molecular formula is C14H17N3O2S. The minimum atomic E-state index is 0.0701. The number of thiophene rings is 1. The van der Waals surface area contributed by atoms with Crippen molar-refractivity contribution in [1.29, 1.82) is 0 Å². The Hall–Kier alpha value is -1.34. The number of aliphatic hydroxyl groups excluding tert-OH is 1.